The van der Waals surface area contributed by atoms with Crippen LogP contribution in [-0.2, 0) is 6.61 Å². The summed E-state index contributed by atoms with van der Waals surface area (Å²) in [4.78, 5) is 14.5. The van der Waals surface area contributed by atoms with Gasteiger partial charge in [-0.1, -0.05) is 36.9 Å². The van der Waals surface area contributed by atoms with E-state index in [-0.39, 0.29) is 5.69 Å². The fourth-order valence-corrected chi connectivity index (χ4v) is 1.53. The van der Waals surface area contributed by atoms with Crippen molar-refractivity contribution in [2.24, 2.45) is 0 Å². The molecular formula is C15H13NO3. The van der Waals surface area contributed by atoms with Crippen LogP contribution in [0.4, 0.5) is 0 Å². The molecule has 1 heterocycles. The van der Waals surface area contributed by atoms with Crippen LogP contribution in [0.1, 0.15) is 21.6 Å². The molecule has 0 aliphatic heterocycles. The molecule has 4 heteroatoms. The van der Waals surface area contributed by atoms with Crippen molar-refractivity contribution in [3.63, 3.8) is 0 Å². The molecule has 0 aliphatic carbocycles. The molecule has 0 saturated carbocycles. The molecule has 0 radical (unpaired) electrons. The van der Waals surface area contributed by atoms with Crippen molar-refractivity contribution in [1.29, 1.82) is 0 Å². The van der Waals surface area contributed by atoms with Crippen LogP contribution in [0, 0.1) is 0 Å². The Morgan fingerprint density at radius 3 is 2.68 bits per heavy atom. The number of benzene rings is 1. The molecule has 4 nitrogen and oxygen atoms in total. The first-order chi connectivity index (χ1) is 9.19. The number of aromatic carboxylic acids is 1. The third kappa shape index (κ3) is 3.42. The zero-order chi connectivity index (χ0) is 13.7. The van der Waals surface area contributed by atoms with Crippen LogP contribution < -0.4 is 4.74 Å². The summed E-state index contributed by atoms with van der Waals surface area (Å²) in [5, 5.41) is 8.82. The van der Waals surface area contributed by atoms with Crippen LogP contribution in [0.15, 0.2) is 49.2 Å². The fourth-order valence-electron chi connectivity index (χ4n) is 1.53. The number of pyridine rings is 1. The van der Waals surface area contributed by atoms with Crippen LogP contribution in [-0.4, -0.2) is 16.1 Å². The number of hydrogen-bond donors (Lipinski definition) is 1. The van der Waals surface area contributed by atoms with Gasteiger partial charge in [0, 0.05) is 12.3 Å². The number of carboxylic acid groups (broad SMARTS) is 1. The highest BCUT2D eigenvalue weighted by Crippen LogP contribution is 2.14. The first-order valence-corrected chi connectivity index (χ1v) is 5.72. The Kier molecular flexibility index (Phi) is 3.93. The zero-order valence-electron chi connectivity index (χ0n) is 10.2. The molecular weight excluding hydrogens is 242 g/mol. The van der Waals surface area contributed by atoms with E-state index in [2.05, 4.69) is 11.6 Å². The third-order valence-corrected chi connectivity index (χ3v) is 2.57. The molecule has 0 amide bonds. The van der Waals surface area contributed by atoms with E-state index in [1.807, 2.05) is 24.3 Å². The Morgan fingerprint density at radius 2 is 2.05 bits per heavy atom. The van der Waals surface area contributed by atoms with Gasteiger partial charge >= 0.3 is 5.97 Å². The maximum atomic E-state index is 10.8. The first-order valence-electron chi connectivity index (χ1n) is 5.72. The van der Waals surface area contributed by atoms with Gasteiger partial charge in [-0.05, 0) is 17.2 Å². The molecule has 2 aromatic rings. The van der Waals surface area contributed by atoms with Crippen molar-refractivity contribution < 1.29 is 14.6 Å². The molecule has 0 saturated heterocycles. The number of hydrogen-bond acceptors (Lipinski definition) is 3. The Bertz CT molecular complexity index is 591. The van der Waals surface area contributed by atoms with E-state index in [1.165, 1.54) is 12.3 Å². The Hall–Kier alpha value is -2.62. The molecule has 0 spiro atoms. The lowest BCUT2D eigenvalue weighted by atomic mass is 10.1. The second kappa shape index (κ2) is 5.82. The SMILES string of the molecule is C=Cc1ccc(COc2ccnc(C(=O)O)c2)cc1. The minimum absolute atomic E-state index is 0.0282. The monoisotopic (exact) mass is 255 g/mol. The lowest BCUT2D eigenvalue weighted by Gasteiger charge is -2.06. The van der Waals surface area contributed by atoms with Gasteiger partial charge in [0.1, 0.15) is 12.4 Å². The lowest BCUT2D eigenvalue weighted by molar-refractivity contribution is 0.0690. The molecule has 0 aliphatic rings. The zero-order valence-corrected chi connectivity index (χ0v) is 10.2. The molecule has 0 atom stereocenters. The highest BCUT2D eigenvalue weighted by molar-refractivity contribution is 5.85. The van der Waals surface area contributed by atoms with Crippen LogP contribution >= 0.6 is 0 Å². The number of carboxylic acids is 1. The van der Waals surface area contributed by atoms with E-state index in [9.17, 15) is 4.79 Å². The normalized spacial score (nSPS) is 9.89. The van der Waals surface area contributed by atoms with Gasteiger partial charge in [0.15, 0.2) is 5.69 Å². The smallest absolute Gasteiger partial charge is 0.354 e. The van der Waals surface area contributed by atoms with Crippen molar-refractivity contribution >= 4 is 12.0 Å². The molecule has 96 valence electrons. The van der Waals surface area contributed by atoms with Gasteiger partial charge in [0.2, 0.25) is 0 Å². The van der Waals surface area contributed by atoms with Crippen molar-refractivity contribution in [1.82, 2.24) is 4.98 Å². The molecule has 19 heavy (non-hydrogen) atoms. The second-order valence-corrected chi connectivity index (χ2v) is 3.92. The molecule has 0 fully saturated rings. The number of nitrogens with zero attached hydrogens (tertiary/aromatic N) is 1. The van der Waals surface area contributed by atoms with E-state index in [1.54, 1.807) is 12.1 Å². The maximum absolute atomic E-state index is 10.8. The fraction of sp³-hybridized carbons (Fsp3) is 0.0667. The minimum atomic E-state index is -1.07. The average Bonchev–Trinajstić information content (AvgIpc) is 2.46. The van der Waals surface area contributed by atoms with Crippen molar-refractivity contribution in [2.45, 2.75) is 6.61 Å². The lowest BCUT2D eigenvalue weighted by Crippen LogP contribution is -2.01. The van der Waals surface area contributed by atoms with Gasteiger partial charge < -0.3 is 9.84 Å². The number of carbonyl (C=O) groups is 1. The van der Waals surface area contributed by atoms with Gasteiger partial charge in [0.05, 0.1) is 0 Å². The maximum Gasteiger partial charge on any atom is 0.354 e. The molecule has 1 aromatic heterocycles. The van der Waals surface area contributed by atoms with Crippen molar-refractivity contribution in [2.75, 3.05) is 0 Å². The van der Waals surface area contributed by atoms with Crippen LogP contribution in [0.3, 0.4) is 0 Å². The first kappa shape index (κ1) is 12.8. The number of ether oxygens (including phenoxy) is 1. The van der Waals surface area contributed by atoms with Crippen molar-refractivity contribution in [3.8, 4) is 5.75 Å². The van der Waals surface area contributed by atoms with Gasteiger partial charge in [-0.25, -0.2) is 9.78 Å². The molecule has 0 unspecified atom stereocenters. The summed E-state index contributed by atoms with van der Waals surface area (Å²) in [6, 6.07) is 10.8. The van der Waals surface area contributed by atoms with E-state index >= 15 is 0 Å². The summed E-state index contributed by atoms with van der Waals surface area (Å²) in [6.07, 6.45) is 3.19. The average molecular weight is 255 g/mol. The van der Waals surface area contributed by atoms with E-state index in [4.69, 9.17) is 9.84 Å². The minimum Gasteiger partial charge on any atom is -0.489 e. The molecule has 2 rings (SSSR count). The largest absolute Gasteiger partial charge is 0.489 e. The molecule has 1 aromatic carbocycles. The number of rotatable bonds is 5. The Balaban J connectivity index is 2.03. The van der Waals surface area contributed by atoms with Gasteiger partial charge in [0.25, 0.3) is 0 Å². The van der Waals surface area contributed by atoms with Crippen LogP contribution in [0.5, 0.6) is 5.75 Å². The summed E-state index contributed by atoms with van der Waals surface area (Å²) >= 11 is 0. The van der Waals surface area contributed by atoms with Gasteiger partial charge in [-0.15, -0.1) is 0 Å². The summed E-state index contributed by atoms with van der Waals surface area (Å²) in [7, 11) is 0. The second-order valence-electron chi connectivity index (χ2n) is 3.92. The highest BCUT2D eigenvalue weighted by Gasteiger charge is 2.05. The predicted molar refractivity (Wildman–Crippen MR) is 72.1 cm³/mol. The summed E-state index contributed by atoms with van der Waals surface area (Å²) in [5.41, 5.74) is 2.01. The van der Waals surface area contributed by atoms with E-state index < -0.39 is 5.97 Å². The van der Waals surface area contributed by atoms with Crippen LogP contribution in [0.2, 0.25) is 0 Å². The highest BCUT2D eigenvalue weighted by atomic mass is 16.5. The third-order valence-electron chi connectivity index (χ3n) is 2.57. The Labute approximate surface area is 111 Å². The van der Waals surface area contributed by atoms with Gasteiger partial charge in [-0.2, -0.15) is 0 Å². The van der Waals surface area contributed by atoms with E-state index in [0.29, 0.717) is 12.4 Å². The van der Waals surface area contributed by atoms with Gasteiger partial charge in [-0.3, -0.25) is 0 Å². The molecule has 0 bridgehead atoms. The van der Waals surface area contributed by atoms with Crippen molar-refractivity contribution in [3.05, 3.63) is 66.0 Å². The van der Waals surface area contributed by atoms with E-state index in [0.717, 1.165) is 11.1 Å². The standard InChI is InChI=1S/C15H13NO3/c1-2-11-3-5-12(6-4-11)10-19-13-7-8-16-14(9-13)15(17)18/h2-9H,1,10H2,(H,17,18). The summed E-state index contributed by atoms with van der Waals surface area (Å²) in [6.45, 7) is 4.06. The predicted octanol–water partition coefficient (Wildman–Crippen LogP) is 3.00. The number of aromatic nitrogens is 1. The summed E-state index contributed by atoms with van der Waals surface area (Å²) in [5.74, 6) is -0.582. The Morgan fingerprint density at radius 1 is 1.32 bits per heavy atom. The topological polar surface area (TPSA) is 59.4 Å². The summed E-state index contributed by atoms with van der Waals surface area (Å²) < 4.78 is 5.53. The van der Waals surface area contributed by atoms with Crippen LogP contribution in [0.25, 0.3) is 6.08 Å². The quantitative estimate of drug-likeness (QED) is 0.892. The molecule has 1 N–H and O–H groups in total.